The highest BCUT2D eigenvalue weighted by molar-refractivity contribution is 5.29. The average Bonchev–Trinajstić information content (AvgIpc) is 2.66. The lowest BCUT2D eigenvalue weighted by Crippen LogP contribution is -3.09. The van der Waals surface area contributed by atoms with Crippen LogP contribution in [0.4, 0.5) is 0 Å². The molecule has 0 saturated carbocycles. The summed E-state index contributed by atoms with van der Waals surface area (Å²) < 4.78 is 6.22. The van der Waals surface area contributed by atoms with Crippen LogP contribution >= 0.6 is 0 Å². The number of nitrogens with two attached hydrogens (primary N) is 2. The van der Waals surface area contributed by atoms with Crippen molar-refractivity contribution in [1.29, 1.82) is 0 Å². The Morgan fingerprint density at radius 1 is 0.931 bits per heavy atom. The summed E-state index contributed by atoms with van der Waals surface area (Å²) in [4.78, 5) is 0. The van der Waals surface area contributed by atoms with Gasteiger partial charge in [0.1, 0.15) is 18.8 Å². The smallest absolute Gasteiger partial charge is 0.126 e. The van der Waals surface area contributed by atoms with Crippen LogP contribution in [0.3, 0.4) is 0 Å². The van der Waals surface area contributed by atoms with Crippen molar-refractivity contribution in [2.75, 3.05) is 13.2 Å². The Morgan fingerprint density at radius 3 is 1.90 bits per heavy atom. The quantitative estimate of drug-likeness (QED) is 0.637. The predicted octanol–water partition coefficient (Wildman–Crippen LogP) is 2.00. The van der Waals surface area contributed by atoms with Crippen LogP contribution in [-0.2, 0) is 4.74 Å². The number of ether oxygens (including phenoxy) is 1. The van der Waals surface area contributed by atoms with Crippen molar-refractivity contribution in [3.63, 3.8) is 0 Å². The molecule has 1 fully saturated rings. The molecule has 29 heavy (non-hydrogen) atoms. The molecule has 2 aromatic carbocycles. The summed E-state index contributed by atoms with van der Waals surface area (Å²) in [6, 6.07) is 21.0. The van der Waals surface area contributed by atoms with Gasteiger partial charge in [-0.1, -0.05) is 60.7 Å². The Balaban J connectivity index is 1.56. The van der Waals surface area contributed by atoms with E-state index in [1.807, 2.05) is 36.4 Å². The standard InChI is InChI=1S/C25H36N2O2/c1-24(2)15-21(16-25(3,4)27-24)26-17-22(28)18-29-23(19-11-7-5-8-12-19)20-13-9-6-10-14-20/h5-14,21-23,26-28H,15-18H2,1-4H3/p+2/t22-/m1/s1. The van der Waals surface area contributed by atoms with Crippen LogP contribution in [-0.4, -0.2) is 41.5 Å². The number of rotatable bonds is 8. The van der Waals surface area contributed by atoms with Crippen LogP contribution in [0.1, 0.15) is 57.8 Å². The molecule has 1 atom stereocenters. The van der Waals surface area contributed by atoms with Gasteiger partial charge in [0.15, 0.2) is 0 Å². The maximum absolute atomic E-state index is 10.6. The summed E-state index contributed by atoms with van der Waals surface area (Å²) >= 11 is 0. The van der Waals surface area contributed by atoms with Gasteiger partial charge in [0.05, 0.1) is 36.6 Å². The summed E-state index contributed by atoms with van der Waals surface area (Å²) in [5.74, 6) is 0. The zero-order valence-electron chi connectivity index (χ0n) is 18.3. The van der Waals surface area contributed by atoms with Gasteiger partial charge in [-0.2, -0.15) is 0 Å². The third-order valence-electron chi connectivity index (χ3n) is 5.76. The number of aliphatic hydroxyl groups is 1. The second kappa shape index (κ2) is 9.40. The fourth-order valence-corrected chi connectivity index (χ4v) is 5.03. The molecule has 0 aromatic heterocycles. The minimum atomic E-state index is -0.484. The van der Waals surface area contributed by atoms with Crippen molar-refractivity contribution in [3.8, 4) is 0 Å². The van der Waals surface area contributed by atoms with Crippen LogP contribution in [0.5, 0.6) is 0 Å². The molecule has 0 spiro atoms. The zero-order valence-corrected chi connectivity index (χ0v) is 18.3. The lowest BCUT2D eigenvalue weighted by atomic mass is 9.79. The lowest BCUT2D eigenvalue weighted by molar-refractivity contribution is -0.814. The monoisotopic (exact) mass is 398 g/mol. The molecule has 2 aromatic rings. The second-order valence-electron chi connectivity index (χ2n) is 9.95. The number of hydrogen-bond acceptors (Lipinski definition) is 2. The molecule has 0 radical (unpaired) electrons. The first kappa shape index (κ1) is 22.0. The molecule has 0 amide bonds. The van der Waals surface area contributed by atoms with Crippen LogP contribution < -0.4 is 10.6 Å². The van der Waals surface area contributed by atoms with Gasteiger partial charge in [0, 0.05) is 0 Å². The Bertz CT molecular complexity index is 690. The lowest BCUT2D eigenvalue weighted by Gasteiger charge is -2.41. The number of hydrogen-bond donors (Lipinski definition) is 3. The van der Waals surface area contributed by atoms with E-state index in [-0.39, 0.29) is 17.2 Å². The molecule has 0 aliphatic carbocycles. The van der Waals surface area contributed by atoms with E-state index in [1.165, 1.54) is 0 Å². The Kier molecular flexibility index (Phi) is 7.12. The summed E-state index contributed by atoms with van der Waals surface area (Å²) in [5, 5.41) is 15.4. The highest BCUT2D eigenvalue weighted by Crippen LogP contribution is 2.26. The van der Waals surface area contributed by atoms with Gasteiger partial charge in [-0.05, 0) is 38.8 Å². The molecule has 3 rings (SSSR count). The fourth-order valence-electron chi connectivity index (χ4n) is 5.03. The van der Waals surface area contributed by atoms with Crippen molar-refractivity contribution >= 4 is 0 Å². The SMILES string of the molecule is CC1(C)CC([NH2+]C[C@@H](O)COC(c2ccccc2)c2ccccc2)CC(C)(C)[NH2+]1. The van der Waals surface area contributed by atoms with Crippen molar-refractivity contribution < 1.29 is 20.5 Å². The van der Waals surface area contributed by atoms with Gasteiger partial charge in [0.25, 0.3) is 0 Å². The first-order chi connectivity index (χ1) is 13.7. The molecule has 4 heteroatoms. The normalized spacial score (nSPS) is 19.9. The Morgan fingerprint density at radius 2 is 1.41 bits per heavy atom. The molecule has 158 valence electrons. The molecule has 1 heterocycles. The summed E-state index contributed by atoms with van der Waals surface area (Å²) in [6.07, 6.45) is 1.66. The molecule has 1 aliphatic heterocycles. The maximum atomic E-state index is 10.6. The van der Waals surface area contributed by atoms with E-state index in [0.717, 1.165) is 24.0 Å². The van der Waals surface area contributed by atoms with Gasteiger partial charge < -0.3 is 20.5 Å². The molecule has 1 aliphatic rings. The molecule has 4 nitrogen and oxygen atoms in total. The Labute approximate surface area is 175 Å². The first-order valence-electron chi connectivity index (χ1n) is 10.8. The third kappa shape index (κ3) is 6.65. The molecule has 0 bridgehead atoms. The number of quaternary nitrogens is 2. The summed E-state index contributed by atoms with van der Waals surface area (Å²) in [6.45, 7) is 10.3. The van der Waals surface area contributed by atoms with Crippen LogP contribution in [0.15, 0.2) is 60.7 Å². The van der Waals surface area contributed by atoms with Gasteiger partial charge in [-0.25, -0.2) is 0 Å². The van der Waals surface area contributed by atoms with E-state index in [9.17, 15) is 5.11 Å². The highest BCUT2D eigenvalue weighted by atomic mass is 16.5. The van der Waals surface area contributed by atoms with Crippen LogP contribution in [0.2, 0.25) is 0 Å². The number of benzene rings is 2. The molecular weight excluding hydrogens is 360 g/mol. The van der Waals surface area contributed by atoms with E-state index in [1.54, 1.807) is 0 Å². The average molecular weight is 399 g/mol. The van der Waals surface area contributed by atoms with Crippen molar-refractivity contribution in [2.24, 2.45) is 0 Å². The van der Waals surface area contributed by atoms with E-state index >= 15 is 0 Å². The number of piperidine rings is 1. The van der Waals surface area contributed by atoms with E-state index in [0.29, 0.717) is 19.2 Å². The van der Waals surface area contributed by atoms with Gasteiger partial charge in [0.2, 0.25) is 0 Å². The van der Waals surface area contributed by atoms with Crippen LogP contribution in [0.25, 0.3) is 0 Å². The van der Waals surface area contributed by atoms with Crippen molar-refractivity contribution in [1.82, 2.24) is 0 Å². The van der Waals surface area contributed by atoms with E-state index < -0.39 is 6.10 Å². The van der Waals surface area contributed by atoms with Gasteiger partial charge in [-0.15, -0.1) is 0 Å². The topological polar surface area (TPSA) is 62.7 Å². The van der Waals surface area contributed by atoms with Crippen molar-refractivity contribution in [2.45, 2.75) is 69.9 Å². The van der Waals surface area contributed by atoms with Crippen molar-refractivity contribution in [3.05, 3.63) is 71.8 Å². The minimum absolute atomic E-state index is 0.158. The predicted molar refractivity (Wildman–Crippen MR) is 117 cm³/mol. The number of aliphatic hydroxyl groups excluding tert-OH is 1. The maximum Gasteiger partial charge on any atom is 0.126 e. The first-order valence-corrected chi connectivity index (χ1v) is 10.8. The van der Waals surface area contributed by atoms with Gasteiger partial charge >= 0.3 is 0 Å². The van der Waals surface area contributed by atoms with Gasteiger partial charge in [-0.3, -0.25) is 0 Å². The van der Waals surface area contributed by atoms with E-state index in [4.69, 9.17) is 4.74 Å². The highest BCUT2D eigenvalue weighted by Gasteiger charge is 2.43. The molecule has 0 unspecified atom stereocenters. The van der Waals surface area contributed by atoms with Crippen LogP contribution in [0, 0.1) is 0 Å². The molecular formula is C25H38N2O2+2. The summed E-state index contributed by atoms with van der Waals surface area (Å²) in [7, 11) is 0. The van der Waals surface area contributed by atoms with E-state index in [2.05, 4.69) is 62.6 Å². The summed E-state index contributed by atoms with van der Waals surface area (Å²) in [5.41, 5.74) is 2.72. The largest absolute Gasteiger partial charge is 0.385 e. The fraction of sp³-hybridized carbons (Fsp3) is 0.520. The molecule has 5 N–H and O–H groups in total. The zero-order chi connectivity index (χ0) is 20.9. The minimum Gasteiger partial charge on any atom is -0.385 e. The second-order valence-corrected chi connectivity index (χ2v) is 9.95. The third-order valence-corrected chi connectivity index (χ3v) is 5.76. The molecule has 1 saturated heterocycles. The Hall–Kier alpha value is -1.72.